The predicted molar refractivity (Wildman–Crippen MR) is 68.4 cm³/mol. The number of benzene rings is 1. The van der Waals surface area contributed by atoms with Crippen LogP contribution >= 0.6 is 0 Å². The summed E-state index contributed by atoms with van der Waals surface area (Å²) in [5.74, 6) is -0.0548. The van der Waals surface area contributed by atoms with Crippen LogP contribution in [0.3, 0.4) is 0 Å². The molecule has 0 aromatic heterocycles. The normalized spacial score (nSPS) is 14.6. The molecular weight excluding hydrogens is 216 g/mol. The Hall–Kier alpha value is -1.71. The summed E-state index contributed by atoms with van der Waals surface area (Å²) in [5, 5.41) is 8.85. The van der Waals surface area contributed by atoms with E-state index in [1.807, 2.05) is 7.05 Å². The smallest absolute Gasteiger partial charge is 0.335 e. The summed E-state index contributed by atoms with van der Waals surface area (Å²) in [7, 11) is 1.99. The Labute approximate surface area is 101 Å². The molecule has 1 aromatic rings. The quantitative estimate of drug-likeness (QED) is 0.766. The lowest BCUT2D eigenvalue weighted by atomic mass is 10.1. The molecule has 4 heteroatoms. The van der Waals surface area contributed by atoms with Crippen LogP contribution in [0.4, 0.5) is 11.4 Å². The van der Waals surface area contributed by atoms with Crippen LogP contribution in [0.1, 0.15) is 29.6 Å². The maximum atomic E-state index is 10.8. The number of aromatic carboxylic acids is 1. The van der Waals surface area contributed by atoms with E-state index in [4.69, 9.17) is 10.8 Å². The Bertz CT molecular complexity index is 427. The minimum Gasteiger partial charge on any atom is -0.478 e. The van der Waals surface area contributed by atoms with Gasteiger partial charge in [0.15, 0.2) is 0 Å². The zero-order valence-corrected chi connectivity index (χ0v) is 10.0. The van der Waals surface area contributed by atoms with Crippen molar-refractivity contribution in [2.24, 2.45) is 5.92 Å². The van der Waals surface area contributed by atoms with Crippen molar-refractivity contribution in [2.45, 2.75) is 19.3 Å². The third-order valence-corrected chi connectivity index (χ3v) is 3.26. The summed E-state index contributed by atoms with van der Waals surface area (Å²) < 4.78 is 0. The standard InChI is InChI=1S/C13H18N2O2/c1-15(7-6-9-2-3-9)12-5-4-10(13(16)17)8-11(12)14/h4-5,8-9H,2-3,6-7,14H2,1H3,(H,16,17). The van der Waals surface area contributed by atoms with Crippen molar-refractivity contribution < 1.29 is 9.90 Å². The molecule has 0 saturated heterocycles. The molecule has 0 atom stereocenters. The Morgan fingerprint density at radius 2 is 2.24 bits per heavy atom. The monoisotopic (exact) mass is 234 g/mol. The molecule has 3 N–H and O–H groups in total. The summed E-state index contributed by atoms with van der Waals surface area (Å²) in [6.45, 7) is 0.973. The summed E-state index contributed by atoms with van der Waals surface area (Å²) in [6, 6.07) is 4.90. The second-order valence-electron chi connectivity index (χ2n) is 4.73. The SMILES string of the molecule is CN(CCC1CC1)c1ccc(C(=O)O)cc1N. The molecular formula is C13H18N2O2. The summed E-state index contributed by atoms with van der Waals surface area (Å²) in [5.41, 5.74) is 7.56. The first-order valence-electron chi connectivity index (χ1n) is 5.92. The highest BCUT2D eigenvalue weighted by Gasteiger charge is 2.21. The molecule has 1 aromatic carbocycles. The number of nitrogen functional groups attached to an aromatic ring is 1. The second kappa shape index (κ2) is 4.65. The molecule has 92 valence electrons. The van der Waals surface area contributed by atoms with E-state index < -0.39 is 5.97 Å². The summed E-state index contributed by atoms with van der Waals surface area (Å²) in [4.78, 5) is 12.9. The molecule has 0 heterocycles. The molecule has 0 bridgehead atoms. The molecule has 1 aliphatic rings. The van der Waals surface area contributed by atoms with Gasteiger partial charge in [0.1, 0.15) is 0 Å². The van der Waals surface area contributed by atoms with Crippen LogP contribution in [0.2, 0.25) is 0 Å². The Kier molecular flexibility index (Phi) is 3.22. The number of rotatable bonds is 5. The van der Waals surface area contributed by atoms with Gasteiger partial charge in [-0.15, -0.1) is 0 Å². The van der Waals surface area contributed by atoms with Gasteiger partial charge >= 0.3 is 5.97 Å². The number of hydrogen-bond acceptors (Lipinski definition) is 3. The molecule has 0 aliphatic heterocycles. The van der Waals surface area contributed by atoms with Gasteiger partial charge < -0.3 is 15.7 Å². The number of nitrogens with zero attached hydrogens (tertiary/aromatic N) is 1. The molecule has 0 spiro atoms. The van der Waals surface area contributed by atoms with Crippen LogP contribution in [0, 0.1) is 5.92 Å². The largest absolute Gasteiger partial charge is 0.478 e. The lowest BCUT2D eigenvalue weighted by Crippen LogP contribution is -2.20. The van der Waals surface area contributed by atoms with E-state index in [-0.39, 0.29) is 5.56 Å². The van der Waals surface area contributed by atoms with Gasteiger partial charge in [0.2, 0.25) is 0 Å². The minimum absolute atomic E-state index is 0.238. The number of anilines is 2. The van der Waals surface area contributed by atoms with Gasteiger partial charge in [-0.2, -0.15) is 0 Å². The van der Waals surface area contributed by atoms with Crippen LogP contribution in [-0.2, 0) is 0 Å². The fraction of sp³-hybridized carbons (Fsp3) is 0.462. The lowest BCUT2D eigenvalue weighted by molar-refractivity contribution is 0.0697. The van der Waals surface area contributed by atoms with Crippen molar-refractivity contribution >= 4 is 17.3 Å². The van der Waals surface area contributed by atoms with Crippen LogP contribution in [0.15, 0.2) is 18.2 Å². The fourth-order valence-electron chi connectivity index (χ4n) is 1.94. The highest BCUT2D eigenvalue weighted by molar-refractivity contribution is 5.90. The maximum absolute atomic E-state index is 10.8. The maximum Gasteiger partial charge on any atom is 0.335 e. The highest BCUT2D eigenvalue weighted by Crippen LogP contribution is 2.33. The van der Waals surface area contributed by atoms with Crippen molar-refractivity contribution in [1.82, 2.24) is 0 Å². The van der Waals surface area contributed by atoms with Crippen molar-refractivity contribution in [3.63, 3.8) is 0 Å². The van der Waals surface area contributed by atoms with Crippen LogP contribution < -0.4 is 10.6 Å². The number of hydrogen-bond donors (Lipinski definition) is 2. The Morgan fingerprint density at radius 3 is 2.76 bits per heavy atom. The highest BCUT2D eigenvalue weighted by atomic mass is 16.4. The minimum atomic E-state index is -0.941. The van der Waals surface area contributed by atoms with E-state index in [1.165, 1.54) is 25.3 Å². The molecule has 1 aliphatic carbocycles. The van der Waals surface area contributed by atoms with E-state index in [0.29, 0.717) is 5.69 Å². The molecule has 17 heavy (non-hydrogen) atoms. The van der Waals surface area contributed by atoms with Crippen LogP contribution in [-0.4, -0.2) is 24.7 Å². The molecule has 4 nitrogen and oxygen atoms in total. The Balaban J connectivity index is 2.05. The number of carbonyl (C=O) groups is 1. The van der Waals surface area contributed by atoms with E-state index in [9.17, 15) is 4.79 Å². The number of nitrogens with two attached hydrogens (primary N) is 1. The zero-order chi connectivity index (χ0) is 12.4. The van der Waals surface area contributed by atoms with E-state index in [2.05, 4.69) is 4.90 Å². The Morgan fingerprint density at radius 1 is 1.53 bits per heavy atom. The van der Waals surface area contributed by atoms with E-state index in [1.54, 1.807) is 12.1 Å². The van der Waals surface area contributed by atoms with E-state index >= 15 is 0 Å². The van der Waals surface area contributed by atoms with Gasteiger partial charge in [0, 0.05) is 13.6 Å². The third-order valence-electron chi connectivity index (χ3n) is 3.26. The summed E-state index contributed by atoms with van der Waals surface area (Å²) >= 11 is 0. The van der Waals surface area contributed by atoms with Gasteiger partial charge in [-0.25, -0.2) is 4.79 Å². The lowest BCUT2D eigenvalue weighted by Gasteiger charge is -2.21. The van der Waals surface area contributed by atoms with Gasteiger partial charge in [-0.05, 0) is 30.5 Å². The van der Waals surface area contributed by atoms with Crippen LogP contribution in [0.5, 0.6) is 0 Å². The first kappa shape index (κ1) is 11.8. The van der Waals surface area contributed by atoms with E-state index in [0.717, 1.165) is 18.2 Å². The molecule has 1 saturated carbocycles. The predicted octanol–water partition coefficient (Wildman–Crippen LogP) is 2.20. The third kappa shape index (κ3) is 2.90. The molecule has 0 unspecified atom stereocenters. The van der Waals surface area contributed by atoms with Gasteiger partial charge in [-0.1, -0.05) is 12.8 Å². The van der Waals surface area contributed by atoms with Crippen molar-refractivity contribution in [2.75, 3.05) is 24.2 Å². The fourth-order valence-corrected chi connectivity index (χ4v) is 1.94. The molecule has 2 rings (SSSR count). The average molecular weight is 234 g/mol. The average Bonchev–Trinajstić information content (AvgIpc) is 3.09. The van der Waals surface area contributed by atoms with Crippen molar-refractivity contribution in [3.05, 3.63) is 23.8 Å². The number of carboxylic acids is 1. The van der Waals surface area contributed by atoms with Gasteiger partial charge in [0.05, 0.1) is 16.9 Å². The summed E-state index contributed by atoms with van der Waals surface area (Å²) in [6.07, 6.45) is 3.89. The zero-order valence-electron chi connectivity index (χ0n) is 10.0. The first-order chi connectivity index (χ1) is 8.08. The first-order valence-corrected chi connectivity index (χ1v) is 5.92. The van der Waals surface area contributed by atoms with Gasteiger partial charge in [-0.3, -0.25) is 0 Å². The molecule has 0 radical (unpaired) electrons. The van der Waals surface area contributed by atoms with Crippen LogP contribution in [0.25, 0.3) is 0 Å². The molecule has 0 amide bonds. The molecule has 1 fully saturated rings. The van der Waals surface area contributed by atoms with Crippen molar-refractivity contribution in [1.29, 1.82) is 0 Å². The number of carboxylic acid groups (broad SMARTS) is 1. The van der Waals surface area contributed by atoms with Gasteiger partial charge in [0.25, 0.3) is 0 Å². The topological polar surface area (TPSA) is 66.6 Å². The second-order valence-corrected chi connectivity index (χ2v) is 4.73. The van der Waals surface area contributed by atoms with Crippen molar-refractivity contribution in [3.8, 4) is 0 Å².